The minimum atomic E-state index is -0.187. The molecule has 6 heteroatoms. The van der Waals surface area contributed by atoms with Crippen LogP contribution in [0, 0.1) is 6.92 Å². The number of carbonyl (C=O) groups is 1. The number of amides is 1. The second-order valence-electron chi connectivity index (χ2n) is 7.70. The number of nitrogens with zero attached hydrogens (tertiary/aromatic N) is 2. The van der Waals surface area contributed by atoms with E-state index in [9.17, 15) is 4.79 Å². The number of anilines is 1. The molecule has 4 rings (SSSR count). The highest BCUT2D eigenvalue weighted by Crippen LogP contribution is 2.19. The number of nitrogens with one attached hydrogen (secondary N) is 1. The van der Waals surface area contributed by atoms with E-state index < -0.39 is 0 Å². The third kappa shape index (κ3) is 6.01. The molecule has 1 N–H and O–H groups in total. The van der Waals surface area contributed by atoms with E-state index >= 15 is 0 Å². The summed E-state index contributed by atoms with van der Waals surface area (Å²) >= 11 is 0. The Bertz CT molecular complexity index is 1220. The van der Waals surface area contributed by atoms with E-state index in [0.717, 1.165) is 17.1 Å². The summed E-state index contributed by atoms with van der Waals surface area (Å²) in [5.41, 5.74) is 4.53. The largest absolute Gasteiger partial charge is 0.494 e. The fourth-order valence-electron chi connectivity index (χ4n) is 3.45. The lowest BCUT2D eigenvalue weighted by Gasteiger charge is -2.09. The first-order valence-corrected chi connectivity index (χ1v) is 10.9. The lowest BCUT2D eigenvalue weighted by atomic mass is 10.1. The number of ether oxygens (including phenoxy) is 2. The Morgan fingerprint density at radius 2 is 1.73 bits per heavy atom. The Labute approximate surface area is 193 Å². The molecule has 6 nitrogen and oxygen atoms in total. The van der Waals surface area contributed by atoms with Gasteiger partial charge in [0.2, 0.25) is 0 Å². The van der Waals surface area contributed by atoms with Crippen LogP contribution in [0.15, 0.2) is 85.2 Å². The van der Waals surface area contributed by atoms with Crippen LogP contribution in [-0.4, -0.2) is 22.3 Å². The third-order valence-electron chi connectivity index (χ3n) is 5.21. The zero-order valence-electron chi connectivity index (χ0n) is 18.8. The highest BCUT2D eigenvalue weighted by Gasteiger charge is 2.09. The van der Waals surface area contributed by atoms with Gasteiger partial charge in [-0.1, -0.05) is 36.4 Å². The maximum atomic E-state index is 12.8. The summed E-state index contributed by atoms with van der Waals surface area (Å²) in [7, 11) is 0. The van der Waals surface area contributed by atoms with Crippen molar-refractivity contribution < 1.29 is 14.3 Å². The van der Waals surface area contributed by atoms with Crippen molar-refractivity contribution in [3.63, 3.8) is 0 Å². The number of carbonyl (C=O) groups excluding carboxylic acids is 1. The van der Waals surface area contributed by atoms with Gasteiger partial charge in [0.1, 0.15) is 18.1 Å². The summed E-state index contributed by atoms with van der Waals surface area (Å²) in [6.07, 6.45) is 3.50. The van der Waals surface area contributed by atoms with Crippen LogP contribution in [-0.2, 0) is 13.2 Å². The molecule has 0 radical (unpaired) electrons. The first-order valence-electron chi connectivity index (χ1n) is 10.9. The van der Waals surface area contributed by atoms with Gasteiger partial charge in [0.25, 0.3) is 5.91 Å². The number of hydrogen-bond acceptors (Lipinski definition) is 4. The molecule has 0 unspecified atom stereocenters. The van der Waals surface area contributed by atoms with Gasteiger partial charge < -0.3 is 14.8 Å². The van der Waals surface area contributed by atoms with E-state index in [1.807, 2.05) is 72.4 Å². The zero-order chi connectivity index (χ0) is 23.0. The molecule has 0 saturated carbocycles. The SMILES string of the molecule is CCOc1ccc(OCc2cccc(C(=O)Nc3cnn(Cc4ccccc4C)c3)c2)cc1. The Kier molecular flexibility index (Phi) is 7.05. The van der Waals surface area contributed by atoms with Crippen molar-refractivity contribution >= 4 is 11.6 Å². The van der Waals surface area contributed by atoms with Crippen molar-refractivity contribution in [2.75, 3.05) is 11.9 Å². The molecule has 1 amide bonds. The summed E-state index contributed by atoms with van der Waals surface area (Å²) in [5.74, 6) is 1.37. The first kappa shape index (κ1) is 22.1. The van der Waals surface area contributed by atoms with E-state index in [1.54, 1.807) is 12.3 Å². The van der Waals surface area contributed by atoms with E-state index in [0.29, 0.717) is 31.0 Å². The lowest BCUT2D eigenvalue weighted by molar-refractivity contribution is 0.102. The molecule has 0 fully saturated rings. The van der Waals surface area contributed by atoms with E-state index in [-0.39, 0.29) is 5.91 Å². The van der Waals surface area contributed by atoms with Crippen LogP contribution in [0.4, 0.5) is 5.69 Å². The van der Waals surface area contributed by atoms with Crippen molar-refractivity contribution in [1.82, 2.24) is 9.78 Å². The number of hydrogen-bond donors (Lipinski definition) is 1. The quantitative estimate of drug-likeness (QED) is 0.374. The summed E-state index contributed by atoms with van der Waals surface area (Å²) in [5, 5.41) is 7.29. The third-order valence-corrected chi connectivity index (χ3v) is 5.21. The van der Waals surface area contributed by atoms with Crippen LogP contribution in [0.5, 0.6) is 11.5 Å². The van der Waals surface area contributed by atoms with Crippen molar-refractivity contribution in [2.24, 2.45) is 0 Å². The molecule has 168 valence electrons. The Balaban J connectivity index is 1.35. The average molecular weight is 442 g/mol. The Morgan fingerprint density at radius 3 is 2.48 bits per heavy atom. The molecule has 33 heavy (non-hydrogen) atoms. The minimum absolute atomic E-state index is 0.187. The Hall–Kier alpha value is -4.06. The molecular weight excluding hydrogens is 414 g/mol. The molecule has 0 aliphatic rings. The summed E-state index contributed by atoms with van der Waals surface area (Å²) in [6, 6.07) is 23.1. The second kappa shape index (κ2) is 10.5. The maximum Gasteiger partial charge on any atom is 0.255 e. The Morgan fingerprint density at radius 1 is 0.970 bits per heavy atom. The first-order chi connectivity index (χ1) is 16.1. The lowest BCUT2D eigenvalue weighted by Crippen LogP contribution is -2.12. The van der Waals surface area contributed by atoms with Crippen LogP contribution in [0.1, 0.15) is 34.0 Å². The molecule has 0 saturated heterocycles. The van der Waals surface area contributed by atoms with E-state index in [2.05, 4.69) is 29.5 Å². The molecule has 3 aromatic carbocycles. The predicted molar refractivity (Wildman–Crippen MR) is 129 cm³/mol. The molecule has 0 atom stereocenters. The van der Waals surface area contributed by atoms with E-state index in [4.69, 9.17) is 9.47 Å². The van der Waals surface area contributed by atoms with Crippen LogP contribution >= 0.6 is 0 Å². The summed E-state index contributed by atoms with van der Waals surface area (Å²) < 4.78 is 13.1. The fraction of sp³-hybridized carbons (Fsp3) is 0.185. The highest BCUT2D eigenvalue weighted by atomic mass is 16.5. The molecule has 1 aromatic heterocycles. The maximum absolute atomic E-state index is 12.8. The van der Waals surface area contributed by atoms with Gasteiger partial charge in [-0.25, -0.2) is 0 Å². The molecule has 4 aromatic rings. The van der Waals surface area contributed by atoms with Crippen LogP contribution < -0.4 is 14.8 Å². The van der Waals surface area contributed by atoms with E-state index in [1.165, 1.54) is 11.1 Å². The van der Waals surface area contributed by atoms with Crippen molar-refractivity contribution in [3.05, 3.63) is 107 Å². The topological polar surface area (TPSA) is 65.4 Å². The second-order valence-corrected chi connectivity index (χ2v) is 7.70. The van der Waals surface area contributed by atoms with Crippen LogP contribution in [0.2, 0.25) is 0 Å². The van der Waals surface area contributed by atoms with Crippen molar-refractivity contribution in [1.29, 1.82) is 0 Å². The molecule has 0 aliphatic carbocycles. The fourth-order valence-corrected chi connectivity index (χ4v) is 3.45. The molecule has 0 aliphatic heterocycles. The van der Waals surface area contributed by atoms with Gasteiger partial charge >= 0.3 is 0 Å². The normalized spacial score (nSPS) is 10.6. The van der Waals surface area contributed by atoms with Gasteiger partial charge in [-0.2, -0.15) is 5.10 Å². The summed E-state index contributed by atoms with van der Waals surface area (Å²) in [4.78, 5) is 12.8. The smallest absolute Gasteiger partial charge is 0.255 e. The molecule has 0 bridgehead atoms. The number of aromatic nitrogens is 2. The van der Waals surface area contributed by atoms with Gasteiger partial charge in [0.15, 0.2) is 0 Å². The number of aryl methyl sites for hydroxylation is 1. The molecule has 0 spiro atoms. The van der Waals surface area contributed by atoms with Crippen LogP contribution in [0.3, 0.4) is 0 Å². The monoisotopic (exact) mass is 441 g/mol. The minimum Gasteiger partial charge on any atom is -0.494 e. The van der Waals surface area contributed by atoms with Gasteiger partial charge in [0.05, 0.1) is 25.0 Å². The van der Waals surface area contributed by atoms with Gasteiger partial charge in [-0.3, -0.25) is 9.48 Å². The summed E-state index contributed by atoms with van der Waals surface area (Å²) in [6.45, 7) is 5.67. The van der Waals surface area contributed by atoms with Gasteiger partial charge in [-0.15, -0.1) is 0 Å². The van der Waals surface area contributed by atoms with Gasteiger partial charge in [-0.05, 0) is 66.9 Å². The molecule has 1 heterocycles. The number of rotatable bonds is 9. The predicted octanol–water partition coefficient (Wildman–Crippen LogP) is 5.47. The standard InChI is InChI=1S/C27H27N3O3/c1-3-32-25-11-13-26(14-12-25)33-19-21-8-6-10-22(15-21)27(31)29-24-16-28-30(18-24)17-23-9-5-4-7-20(23)2/h4-16,18H,3,17,19H2,1-2H3,(H,29,31). The average Bonchev–Trinajstić information content (AvgIpc) is 3.27. The zero-order valence-corrected chi connectivity index (χ0v) is 18.8. The van der Waals surface area contributed by atoms with Gasteiger partial charge in [0, 0.05) is 11.8 Å². The molecular formula is C27H27N3O3. The highest BCUT2D eigenvalue weighted by molar-refractivity contribution is 6.04. The van der Waals surface area contributed by atoms with Crippen molar-refractivity contribution in [3.8, 4) is 11.5 Å². The van der Waals surface area contributed by atoms with Crippen molar-refractivity contribution in [2.45, 2.75) is 27.0 Å². The van der Waals surface area contributed by atoms with Crippen LogP contribution in [0.25, 0.3) is 0 Å². The number of benzene rings is 3.